The molecule has 0 unspecified atom stereocenters. The van der Waals surface area contributed by atoms with Gasteiger partial charge in [-0.1, -0.05) is 6.07 Å². The van der Waals surface area contributed by atoms with Crippen LogP contribution in [0.1, 0.15) is 16.7 Å². The monoisotopic (exact) mass is 209 g/mol. The molecule has 2 rings (SSSR count). The van der Waals surface area contributed by atoms with Crippen molar-refractivity contribution in [2.24, 2.45) is 5.90 Å². The van der Waals surface area contributed by atoms with Crippen molar-refractivity contribution in [3.63, 3.8) is 0 Å². The minimum Gasteiger partial charge on any atom is -0.453 e. The fraction of sp³-hybridized carbons (Fsp3) is 0.455. The van der Waals surface area contributed by atoms with Crippen LogP contribution in [0.4, 0.5) is 0 Å². The van der Waals surface area contributed by atoms with Gasteiger partial charge in [-0.3, -0.25) is 0 Å². The first kappa shape index (κ1) is 10.3. The molecule has 0 bridgehead atoms. The molecule has 0 aliphatic carbocycles. The highest BCUT2D eigenvalue weighted by Gasteiger charge is 2.21. The molecular formula is C11H15NO3. The molecule has 0 spiro atoms. The van der Waals surface area contributed by atoms with Gasteiger partial charge in [-0.25, -0.2) is 5.90 Å². The van der Waals surface area contributed by atoms with Crippen molar-refractivity contribution in [1.82, 2.24) is 0 Å². The first-order valence-electron chi connectivity index (χ1n) is 4.94. The Kier molecular flexibility index (Phi) is 2.79. The van der Waals surface area contributed by atoms with Gasteiger partial charge in [0.1, 0.15) is 0 Å². The van der Waals surface area contributed by atoms with E-state index in [1.807, 2.05) is 6.92 Å². The Morgan fingerprint density at radius 3 is 2.80 bits per heavy atom. The van der Waals surface area contributed by atoms with Crippen molar-refractivity contribution in [3.05, 3.63) is 22.8 Å². The zero-order valence-corrected chi connectivity index (χ0v) is 9.00. The number of benzene rings is 1. The molecule has 1 aromatic carbocycles. The lowest BCUT2D eigenvalue weighted by Crippen LogP contribution is -2.05. The Morgan fingerprint density at radius 1 is 1.33 bits per heavy atom. The lowest BCUT2D eigenvalue weighted by atomic mass is 10.0. The van der Waals surface area contributed by atoms with Gasteiger partial charge in [0, 0.05) is 12.0 Å². The Hall–Kier alpha value is -1.26. The zero-order valence-electron chi connectivity index (χ0n) is 9.00. The van der Waals surface area contributed by atoms with E-state index in [4.69, 9.17) is 15.4 Å². The normalized spacial score (nSPS) is 13.3. The van der Waals surface area contributed by atoms with Gasteiger partial charge in [-0.2, -0.15) is 0 Å². The Bertz CT molecular complexity index is 377. The van der Waals surface area contributed by atoms with Gasteiger partial charge in [0.05, 0.1) is 6.61 Å². The number of rotatable bonds is 3. The molecule has 4 heteroatoms. The molecule has 1 heterocycles. The third-order valence-corrected chi connectivity index (χ3v) is 2.72. The topological polar surface area (TPSA) is 53.7 Å². The van der Waals surface area contributed by atoms with Crippen molar-refractivity contribution in [1.29, 1.82) is 0 Å². The van der Waals surface area contributed by atoms with Gasteiger partial charge in [0.15, 0.2) is 11.5 Å². The Labute approximate surface area is 88.9 Å². The maximum absolute atomic E-state index is 5.44. The van der Waals surface area contributed by atoms with Gasteiger partial charge in [0.2, 0.25) is 6.79 Å². The van der Waals surface area contributed by atoms with Gasteiger partial charge in [-0.05, 0) is 25.0 Å². The molecule has 15 heavy (non-hydrogen) atoms. The highest BCUT2D eigenvalue weighted by molar-refractivity contribution is 5.56. The fourth-order valence-corrected chi connectivity index (χ4v) is 1.76. The van der Waals surface area contributed by atoms with Crippen LogP contribution in [0.3, 0.4) is 0 Å². The maximum atomic E-state index is 5.44. The third kappa shape index (κ3) is 1.78. The summed E-state index contributed by atoms with van der Waals surface area (Å²) in [6.45, 7) is 4.88. The standard InChI is InChI=1S/C11H15NO3/c1-7-5-9(3-4-15-12)11-10(8(7)2)13-6-14-11/h5H,3-4,6,12H2,1-2H3. The van der Waals surface area contributed by atoms with Crippen molar-refractivity contribution in [2.75, 3.05) is 13.4 Å². The number of aryl methyl sites for hydroxylation is 1. The number of hydrogen-bond donors (Lipinski definition) is 1. The SMILES string of the molecule is Cc1cc(CCON)c2c(c1C)OCO2. The summed E-state index contributed by atoms with van der Waals surface area (Å²) < 4.78 is 10.9. The summed E-state index contributed by atoms with van der Waals surface area (Å²) in [7, 11) is 0. The third-order valence-electron chi connectivity index (χ3n) is 2.72. The lowest BCUT2D eigenvalue weighted by molar-refractivity contribution is 0.139. The molecule has 1 aromatic rings. The van der Waals surface area contributed by atoms with E-state index in [0.29, 0.717) is 13.4 Å². The lowest BCUT2D eigenvalue weighted by Gasteiger charge is -2.09. The molecular weight excluding hydrogens is 194 g/mol. The molecule has 0 amide bonds. The number of fused-ring (bicyclic) bond motifs is 1. The molecule has 0 saturated heterocycles. The first-order chi connectivity index (χ1) is 7.24. The van der Waals surface area contributed by atoms with E-state index in [1.165, 1.54) is 5.56 Å². The summed E-state index contributed by atoms with van der Waals surface area (Å²) in [5, 5.41) is 0. The molecule has 1 aliphatic rings. The van der Waals surface area contributed by atoms with Gasteiger partial charge in [-0.15, -0.1) is 0 Å². The summed E-state index contributed by atoms with van der Waals surface area (Å²) >= 11 is 0. The van der Waals surface area contributed by atoms with Crippen LogP contribution in [0.25, 0.3) is 0 Å². The minimum atomic E-state index is 0.302. The van der Waals surface area contributed by atoms with Gasteiger partial charge < -0.3 is 14.3 Å². The van der Waals surface area contributed by atoms with E-state index in [0.717, 1.165) is 29.0 Å². The first-order valence-corrected chi connectivity index (χ1v) is 4.94. The van der Waals surface area contributed by atoms with Crippen LogP contribution in [0.5, 0.6) is 11.5 Å². The molecule has 2 N–H and O–H groups in total. The van der Waals surface area contributed by atoms with E-state index in [-0.39, 0.29) is 0 Å². The summed E-state index contributed by atoms with van der Waals surface area (Å²) in [6.07, 6.45) is 0.739. The predicted molar refractivity (Wildman–Crippen MR) is 55.9 cm³/mol. The van der Waals surface area contributed by atoms with Crippen LogP contribution < -0.4 is 15.4 Å². The predicted octanol–water partition coefficient (Wildman–Crippen LogP) is 1.46. The van der Waals surface area contributed by atoms with E-state index in [1.54, 1.807) is 0 Å². The molecule has 4 nitrogen and oxygen atoms in total. The van der Waals surface area contributed by atoms with E-state index >= 15 is 0 Å². The Morgan fingerprint density at radius 2 is 2.07 bits per heavy atom. The summed E-state index contributed by atoms with van der Waals surface area (Å²) in [5.74, 6) is 6.72. The summed E-state index contributed by atoms with van der Waals surface area (Å²) in [5.41, 5.74) is 3.43. The molecule has 0 radical (unpaired) electrons. The average molecular weight is 209 g/mol. The van der Waals surface area contributed by atoms with Crippen LogP contribution in [-0.4, -0.2) is 13.4 Å². The van der Waals surface area contributed by atoms with Gasteiger partial charge >= 0.3 is 0 Å². The maximum Gasteiger partial charge on any atom is 0.231 e. The summed E-state index contributed by atoms with van der Waals surface area (Å²) in [6, 6.07) is 2.10. The number of hydrogen-bond acceptors (Lipinski definition) is 4. The van der Waals surface area contributed by atoms with Crippen molar-refractivity contribution in [3.8, 4) is 11.5 Å². The van der Waals surface area contributed by atoms with Crippen LogP contribution >= 0.6 is 0 Å². The minimum absolute atomic E-state index is 0.302. The highest BCUT2D eigenvalue weighted by atomic mass is 16.7. The van der Waals surface area contributed by atoms with Gasteiger partial charge in [0.25, 0.3) is 0 Å². The largest absolute Gasteiger partial charge is 0.453 e. The average Bonchev–Trinajstić information content (AvgIpc) is 2.70. The number of nitrogens with two attached hydrogens (primary N) is 1. The molecule has 1 aliphatic heterocycles. The highest BCUT2D eigenvalue weighted by Crippen LogP contribution is 2.40. The second-order valence-electron chi connectivity index (χ2n) is 3.66. The van der Waals surface area contributed by atoms with Crippen molar-refractivity contribution < 1.29 is 14.3 Å². The van der Waals surface area contributed by atoms with Crippen LogP contribution in [0, 0.1) is 13.8 Å². The van der Waals surface area contributed by atoms with Crippen molar-refractivity contribution in [2.45, 2.75) is 20.3 Å². The molecule has 82 valence electrons. The van der Waals surface area contributed by atoms with Crippen molar-refractivity contribution >= 4 is 0 Å². The Balaban J connectivity index is 2.38. The molecule has 0 aromatic heterocycles. The number of ether oxygens (including phenoxy) is 2. The second kappa shape index (κ2) is 4.08. The molecule has 0 atom stereocenters. The second-order valence-corrected chi connectivity index (χ2v) is 3.66. The van der Waals surface area contributed by atoms with Crippen LogP contribution in [-0.2, 0) is 11.3 Å². The fourth-order valence-electron chi connectivity index (χ4n) is 1.76. The zero-order chi connectivity index (χ0) is 10.8. The molecule has 0 fully saturated rings. The smallest absolute Gasteiger partial charge is 0.231 e. The van der Waals surface area contributed by atoms with Crippen LogP contribution in [0.2, 0.25) is 0 Å². The van der Waals surface area contributed by atoms with E-state index < -0.39 is 0 Å². The van der Waals surface area contributed by atoms with E-state index in [9.17, 15) is 0 Å². The van der Waals surface area contributed by atoms with E-state index in [2.05, 4.69) is 17.8 Å². The molecule has 0 saturated carbocycles. The quantitative estimate of drug-likeness (QED) is 0.766. The van der Waals surface area contributed by atoms with Crippen LogP contribution in [0.15, 0.2) is 6.07 Å². The summed E-state index contributed by atoms with van der Waals surface area (Å²) in [4.78, 5) is 4.58.